The fourth-order valence-corrected chi connectivity index (χ4v) is 19.3. The first-order valence-corrected chi connectivity index (χ1v) is 50.0. The second-order valence-electron chi connectivity index (χ2n) is 39.5. The molecular formula is C103H177N13O3S. The van der Waals surface area contributed by atoms with Crippen LogP contribution in [0.5, 0.6) is 0 Å². The van der Waals surface area contributed by atoms with Crippen LogP contribution < -0.4 is 5.32 Å². The summed E-state index contributed by atoms with van der Waals surface area (Å²) >= 11 is 0. The second-order valence-corrected chi connectivity index (χ2v) is 41.4. The zero-order valence-corrected chi connectivity index (χ0v) is 81.6. The first kappa shape index (κ1) is 110. The summed E-state index contributed by atoms with van der Waals surface area (Å²) in [5.74, 6) is 14.2. The minimum atomic E-state index is -2.97. The molecule has 2 aromatic heterocycles. The molecule has 8 aliphatic rings. The summed E-state index contributed by atoms with van der Waals surface area (Å²) < 4.78 is 24.2. The summed E-state index contributed by atoms with van der Waals surface area (Å²) in [5, 5.41) is 46.4. The Kier molecular flexibility index (Phi) is 56.5. The predicted octanol–water partition coefficient (Wildman–Crippen LogP) is 24.5. The van der Waals surface area contributed by atoms with Crippen molar-refractivity contribution < 1.29 is 13.2 Å². The largest absolute Gasteiger partial charge is 0.342 e. The van der Waals surface area contributed by atoms with E-state index in [1.807, 2.05) is 87.7 Å². The van der Waals surface area contributed by atoms with Crippen LogP contribution >= 0.6 is 0 Å². The van der Waals surface area contributed by atoms with Gasteiger partial charge in [0.25, 0.3) is 0 Å². The van der Waals surface area contributed by atoms with E-state index in [2.05, 4.69) is 191 Å². The van der Waals surface area contributed by atoms with Crippen LogP contribution in [0.4, 0.5) is 0 Å². The number of piperidine rings is 4. The number of carbonyl (C=O) groups is 1. The monoisotopic (exact) mass is 1680 g/mol. The van der Waals surface area contributed by atoms with Gasteiger partial charge in [-0.25, -0.2) is 22.7 Å². The van der Waals surface area contributed by atoms with Crippen LogP contribution in [0.3, 0.4) is 0 Å². The van der Waals surface area contributed by atoms with Crippen molar-refractivity contribution in [1.29, 1.82) is 26.3 Å². The third kappa shape index (κ3) is 44.2. The number of amides is 1. The summed E-state index contributed by atoms with van der Waals surface area (Å²) in [4.78, 5) is 30.5. The summed E-state index contributed by atoms with van der Waals surface area (Å²) in [5.41, 5.74) is 5.53. The number of hydrogen-bond acceptors (Lipinski definition) is 14. The first-order chi connectivity index (χ1) is 57.2. The Labute approximate surface area is 738 Å². The zero-order valence-electron chi connectivity index (χ0n) is 80.8. The number of aromatic nitrogens is 3. The molecule has 4 saturated carbocycles. The van der Waals surface area contributed by atoms with Gasteiger partial charge in [-0.1, -0.05) is 196 Å². The summed E-state index contributed by atoms with van der Waals surface area (Å²) in [6, 6.07) is 23.7. The number of nitrogens with one attached hydrogen (secondary N) is 1. The average Bonchev–Trinajstić information content (AvgIpc) is 0.821. The molecule has 0 bridgehead atoms. The molecule has 4 atom stereocenters. The van der Waals surface area contributed by atoms with Crippen LogP contribution in [0.15, 0.2) is 67.5 Å². The number of nitrogens with zero attached hydrogens (tertiary/aromatic N) is 12. The number of unbranched alkanes of at least 4 members (excludes halogenated alkanes) is 1. The van der Waals surface area contributed by atoms with Gasteiger partial charge in [0, 0.05) is 102 Å². The zero-order chi connectivity index (χ0) is 89.8. The topological polar surface area (TPSA) is 234 Å². The SMILES string of the molecule is CC.CC.CC(C)C1(C)CCN(CCC#N)CC1.CC(C)C1(C)CCN(S(C)(=O)=O)CC1.CC(C)C1CC(CCCC#N)C1.CC(C)C1CC(CCc2cccc(C#N)c2)C1.CC(C)C1CCN(CCC#N)CC1C.CC(C)C1CN(C(=O)CC#N)CCC1C.CC1CCC(CCc2cncnc2)CC1.CC1CCC(NCc2cccnc2)CC1. The fraction of sp³-hybridized carbons (Fsp3) is 0.796. The molecule has 3 aromatic rings. The lowest BCUT2D eigenvalue weighted by atomic mass is 9.68. The lowest BCUT2D eigenvalue weighted by molar-refractivity contribution is -0.133. The summed E-state index contributed by atoms with van der Waals surface area (Å²) in [7, 11) is -2.97. The van der Waals surface area contributed by atoms with Gasteiger partial charge in [0.2, 0.25) is 15.9 Å². The molecule has 4 aliphatic carbocycles. The minimum Gasteiger partial charge on any atom is -0.342 e. The Hall–Kier alpha value is -5.84. The van der Waals surface area contributed by atoms with E-state index in [0.29, 0.717) is 60.4 Å². The Bertz CT molecular complexity index is 3390. The number of likely N-dealkylation sites (tertiary alicyclic amines) is 3. The number of sulfonamides is 1. The van der Waals surface area contributed by atoms with Gasteiger partial charge < -0.3 is 20.0 Å². The van der Waals surface area contributed by atoms with Gasteiger partial charge in [0.1, 0.15) is 12.7 Å². The maximum absolute atomic E-state index is 11.6. The number of benzene rings is 1. The van der Waals surface area contributed by atoms with E-state index in [4.69, 9.17) is 26.3 Å². The number of pyridine rings is 1. The van der Waals surface area contributed by atoms with Gasteiger partial charge in [0.15, 0.2) is 0 Å². The van der Waals surface area contributed by atoms with Gasteiger partial charge in [-0.2, -0.15) is 26.3 Å². The molecule has 1 aromatic carbocycles. The average molecular weight is 1680 g/mol. The van der Waals surface area contributed by atoms with E-state index in [-0.39, 0.29) is 12.3 Å². The van der Waals surface area contributed by atoms with Crippen LogP contribution in [-0.2, 0) is 34.2 Å². The van der Waals surface area contributed by atoms with Gasteiger partial charge in [-0.15, -0.1) is 0 Å². The first-order valence-electron chi connectivity index (χ1n) is 48.2. The van der Waals surface area contributed by atoms with Crippen LogP contribution in [0, 0.1) is 168 Å². The van der Waals surface area contributed by atoms with Crippen molar-refractivity contribution in [2.45, 2.75) is 345 Å². The number of aryl methyl sites for hydroxylation is 2. The van der Waals surface area contributed by atoms with Crippen LogP contribution in [0.25, 0.3) is 0 Å². The van der Waals surface area contributed by atoms with Crippen molar-refractivity contribution in [3.8, 4) is 30.3 Å². The highest BCUT2D eigenvalue weighted by Crippen LogP contribution is 2.44. The Morgan fingerprint density at radius 2 is 1.01 bits per heavy atom. The van der Waals surface area contributed by atoms with Crippen molar-refractivity contribution in [3.05, 3.63) is 89.8 Å². The molecule has 678 valence electrons. The van der Waals surface area contributed by atoms with E-state index in [1.54, 1.807) is 10.6 Å². The van der Waals surface area contributed by atoms with Crippen molar-refractivity contribution in [2.75, 3.05) is 71.7 Å². The molecule has 0 radical (unpaired) electrons. The number of rotatable bonds is 24. The molecule has 11 rings (SSSR count). The highest BCUT2D eigenvalue weighted by atomic mass is 32.2. The molecule has 16 nitrogen and oxygen atoms in total. The Morgan fingerprint density at radius 1 is 0.517 bits per heavy atom. The molecule has 8 fully saturated rings. The van der Waals surface area contributed by atoms with E-state index in [0.717, 1.165) is 166 Å². The molecule has 1 amide bonds. The van der Waals surface area contributed by atoms with Gasteiger partial charge in [-0.3, -0.25) is 9.78 Å². The summed E-state index contributed by atoms with van der Waals surface area (Å²) in [6.45, 7) is 60.1. The maximum atomic E-state index is 11.6. The van der Waals surface area contributed by atoms with Crippen LogP contribution in [-0.4, -0.2) is 126 Å². The lowest BCUT2D eigenvalue weighted by Gasteiger charge is -2.42. The third-order valence-electron chi connectivity index (χ3n) is 28.7. The van der Waals surface area contributed by atoms with E-state index in [9.17, 15) is 13.2 Å². The number of carbonyl (C=O) groups excluding carboxylic acids is 1. The quantitative estimate of drug-likeness (QED) is 0.0822. The molecule has 6 heterocycles. The van der Waals surface area contributed by atoms with Gasteiger partial charge in [-0.05, 0) is 294 Å². The molecular weight excluding hydrogens is 1500 g/mol. The number of hydrogen-bond donors (Lipinski definition) is 1. The lowest BCUT2D eigenvalue weighted by Crippen LogP contribution is -2.44. The van der Waals surface area contributed by atoms with E-state index < -0.39 is 10.0 Å². The molecule has 0 spiro atoms. The maximum Gasteiger partial charge on any atom is 0.236 e. The van der Waals surface area contributed by atoms with Gasteiger partial charge in [0.05, 0.1) is 42.2 Å². The molecule has 120 heavy (non-hydrogen) atoms. The Balaban J connectivity index is 0.000000462. The second kappa shape index (κ2) is 61.5. The standard InChI is InChI=1S/C16H21N.2C13H20N2.C12H20N2O.2C12H22N2.C11H19N.C10H21NO2S.2C2H6/c1-12(2)16-9-14(10-16)7-6-13-4-3-5-15(8-13)11-17;1-11-2-4-12(5-3-11)6-7-13-8-14-10-15-9-13;1-11-4-6-13(7-5-11)15-10-12-3-2-8-14-9-12;1-9(2)11-8-14(7-5-10(11)3)12(15)4-6-13;1-11(2)12(3)5-9-14(10-6-12)8-4-7-13;1-10(2)12-5-8-14(7-4-6-13)9-11(12)3;1-9(2)11-7-10(8-11)5-3-4-6-12;1-9(2)10(3)5-7-11(8-6-10)14(4,12)13;2*1-2/h3-5,8,12,14,16H,6-7,9-10H2,1-2H3;8-12H,2-7H2,1H3;2-3,8-9,11,13,15H,4-7,10H2,1H3;9-11H,4-5,7-8H2,1-3H3;11H,4-6,8-10H2,1-3H3;10-12H,4-5,7-9H2,1-3H3;9-11H,3-5,7-8H2,1-2H3;9H,5-8H2,1-4H3;2*1-2H3. The van der Waals surface area contributed by atoms with Crippen molar-refractivity contribution in [3.63, 3.8) is 0 Å². The van der Waals surface area contributed by atoms with Crippen molar-refractivity contribution in [2.24, 2.45) is 111 Å². The van der Waals surface area contributed by atoms with E-state index in [1.165, 1.54) is 165 Å². The molecule has 4 unspecified atom stereocenters. The van der Waals surface area contributed by atoms with Crippen LogP contribution in [0.2, 0.25) is 0 Å². The molecule has 4 aliphatic heterocycles. The highest BCUT2D eigenvalue weighted by molar-refractivity contribution is 7.88. The minimum absolute atomic E-state index is 0.00458. The molecule has 1 N–H and O–H groups in total. The Morgan fingerprint density at radius 3 is 1.48 bits per heavy atom. The molecule has 4 saturated heterocycles. The highest BCUT2D eigenvalue weighted by Gasteiger charge is 2.37. The van der Waals surface area contributed by atoms with Crippen molar-refractivity contribution >= 4 is 15.9 Å². The van der Waals surface area contributed by atoms with Crippen LogP contribution in [0.1, 0.15) is 342 Å². The smallest absolute Gasteiger partial charge is 0.236 e. The predicted molar refractivity (Wildman–Crippen MR) is 503 cm³/mol. The van der Waals surface area contributed by atoms with Crippen molar-refractivity contribution in [1.82, 2.24) is 39.3 Å². The fourth-order valence-electron chi connectivity index (χ4n) is 18.5. The molecule has 17 heteroatoms. The van der Waals surface area contributed by atoms with E-state index >= 15 is 0 Å². The van der Waals surface area contributed by atoms with Gasteiger partial charge >= 0.3 is 0 Å². The normalized spacial score (nSPS) is 24.9. The number of nitriles is 5. The summed E-state index contributed by atoms with van der Waals surface area (Å²) in [6.07, 6.45) is 43.7. The third-order valence-corrected chi connectivity index (χ3v) is 30.0.